The largest absolute Gasteiger partial charge is 0.481 e. The summed E-state index contributed by atoms with van der Waals surface area (Å²) in [6.07, 6.45) is -1.09. The summed E-state index contributed by atoms with van der Waals surface area (Å²) in [7, 11) is -1.27. The van der Waals surface area contributed by atoms with E-state index in [-0.39, 0.29) is 6.42 Å². The molecule has 0 rings (SSSR count). The first-order chi connectivity index (χ1) is 6.97. The molecule has 4 heteroatoms. The van der Waals surface area contributed by atoms with Crippen LogP contribution in [0.3, 0.4) is 0 Å². The maximum Gasteiger partial charge on any atom is 0.306 e. The Morgan fingerprint density at radius 3 is 2.12 bits per heavy atom. The lowest BCUT2D eigenvalue weighted by Crippen LogP contribution is -2.35. The van der Waals surface area contributed by atoms with E-state index in [2.05, 4.69) is 26.2 Å². The maximum absolute atomic E-state index is 10.6. The molecule has 0 heterocycles. The van der Waals surface area contributed by atoms with E-state index in [4.69, 9.17) is 5.11 Å². The third-order valence-electron chi connectivity index (χ3n) is 2.86. The Morgan fingerprint density at radius 2 is 1.81 bits per heavy atom. The molecular weight excluding hydrogens is 220 g/mol. The fourth-order valence-corrected chi connectivity index (χ4v) is 3.26. The highest BCUT2D eigenvalue weighted by molar-refractivity contribution is 6.76. The minimum absolute atomic E-state index is 0.224. The van der Waals surface area contributed by atoms with Crippen LogP contribution in [-0.2, 0) is 4.79 Å². The number of aliphatic hydroxyl groups is 1. The third-order valence-corrected chi connectivity index (χ3v) is 4.34. The molecular formula is C12H24O3Si. The van der Waals surface area contributed by atoms with Gasteiger partial charge in [-0.05, 0) is 6.04 Å². The number of aliphatic carboxylic acids is 1. The molecule has 0 bridgehead atoms. The zero-order valence-electron chi connectivity index (χ0n) is 11.0. The van der Waals surface area contributed by atoms with Crippen LogP contribution in [0.4, 0.5) is 0 Å². The van der Waals surface area contributed by atoms with Gasteiger partial charge in [-0.2, -0.15) is 0 Å². The van der Waals surface area contributed by atoms with E-state index >= 15 is 0 Å². The van der Waals surface area contributed by atoms with E-state index in [9.17, 15) is 9.90 Å². The van der Waals surface area contributed by atoms with Gasteiger partial charge in [0.2, 0.25) is 0 Å². The molecule has 0 saturated heterocycles. The van der Waals surface area contributed by atoms with Crippen LogP contribution in [0.15, 0.2) is 12.2 Å². The maximum atomic E-state index is 10.6. The molecule has 94 valence electrons. The molecule has 0 spiro atoms. The number of carboxylic acids is 1. The first kappa shape index (κ1) is 15.4. The second-order valence-electron chi connectivity index (χ2n) is 6.18. The minimum atomic E-state index is -1.27. The first-order valence-corrected chi connectivity index (χ1v) is 9.25. The predicted molar refractivity (Wildman–Crippen MR) is 69.3 cm³/mol. The number of rotatable bonds is 6. The van der Waals surface area contributed by atoms with Crippen molar-refractivity contribution in [1.29, 1.82) is 0 Å². The minimum Gasteiger partial charge on any atom is -0.481 e. The molecule has 0 saturated carbocycles. The second kappa shape index (κ2) is 5.14. The van der Waals surface area contributed by atoms with Crippen molar-refractivity contribution >= 4 is 14.0 Å². The van der Waals surface area contributed by atoms with Crippen molar-refractivity contribution in [3.05, 3.63) is 12.2 Å². The van der Waals surface area contributed by atoms with E-state index < -0.39 is 25.6 Å². The summed E-state index contributed by atoms with van der Waals surface area (Å²) in [5.74, 6) is -0.971. The zero-order valence-corrected chi connectivity index (χ0v) is 12.0. The summed E-state index contributed by atoms with van der Waals surface area (Å²) in [6.45, 7) is 14.5. The topological polar surface area (TPSA) is 57.5 Å². The predicted octanol–water partition coefficient (Wildman–Crippen LogP) is 2.74. The molecule has 0 fully saturated rings. The number of hydrogen-bond acceptors (Lipinski definition) is 2. The monoisotopic (exact) mass is 244 g/mol. The number of hydrogen-bond donors (Lipinski definition) is 2. The van der Waals surface area contributed by atoms with Crippen LogP contribution in [0.25, 0.3) is 0 Å². The van der Waals surface area contributed by atoms with Gasteiger partial charge in [-0.1, -0.05) is 45.6 Å². The SMILES string of the molecule is C=C(C[Si](C)(C)C)C(C)(C)[C@@H](O)CC(=O)O. The Hall–Kier alpha value is -0.613. The van der Waals surface area contributed by atoms with Crippen molar-refractivity contribution in [3.63, 3.8) is 0 Å². The average molecular weight is 244 g/mol. The van der Waals surface area contributed by atoms with Gasteiger partial charge in [0.1, 0.15) is 0 Å². The summed E-state index contributed by atoms with van der Waals surface area (Å²) in [6, 6.07) is 0.913. The summed E-state index contributed by atoms with van der Waals surface area (Å²) >= 11 is 0. The summed E-state index contributed by atoms with van der Waals surface area (Å²) in [5, 5.41) is 18.6. The van der Waals surface area contributed by atoms with Crippen LogP contribution in [0, 0.1) is 5.41 Å². The Balaban J connectivity index is 4.64. The van der Waals surface area contributed by atoms with Crippen LogP contribution in [-0.4, -0.2) is 30.4 Å². The van der Waals surface area contributed by atoms with Crippen LogP contribution in [0.5, 0.6) is 0 Å². The van der Waals surface area contributed by atoms with Gasteiger partial charge in [0, 0.05) is 13.5 Å². The van der Waals surface area contributed by atoms with Gasteiger partial charge in [-0.25, -0.2) is 0 Å². The summed E-state index contributed by atoms with van der Waals surface area (Å²) < 4.78 is 0. The lowest BCUT2D eigenvalue weighted by Gasteiger charge is -2.34. The highest BCUT2D eigenvalue weighted by Crippen LogP contribution is 2.35. The Morgan fingerprint density at radius 1 is 1.38 bits per heavy atom. The highest BCUT2D eigenvalue weighted by atomic mass is 28.3. The molecule has 0 aliphatic carbocycles. The first-order valence-electron chi connectivity index (χ1n) is 5.55. The molecule has 2 N–H and O–H groups in total. The Bertz CT molecular complexity index is 276. The molecule has 0 aromatic heterocycles. The Labute approximate surface area is 99.2 Å². The molecule has 1 atom stereocenters. The van der Waals surface area contributed by atoms with Crippen LogP contribution in [0.2, 0.25) is 25.7 Å². The lowest BCUT2D eigenvalue weighted by molar-refractivity contribution is -0.140. The molecule has 0 amide bonds. The van der Waals surface area contributed by atoms with E-state index in [1.54, 1.807) is 0 Å². The van der Waals surface area contributed by atoms with Gasteiger partial charge in [0.25, 0.3) is 0 Å². The number of carboxylic acid groups (broad SMARTS) is 1. The van der Waals surface area contributed by atoms with E-state index in [1.165, 1.54) is 0 Å². The second-order valence-corrected chi connectivity index (χ2v) is 11.7. The van der Waals surface area contributed by atoms with E-state index in [1.807, 2.05) is 13.8 Å². The van der Waals surface area contributed by atoms with Crippen molar-refractivity contribution in [2.75, 3.05) is 0 Å². The molecule has 3 nitrogen and oxygen atoms in total. The smallest absolute Gasteiger partial charge is 0.306 e. The van der Waals surface area contributed by atoms with Crippen molar-refractivity contribution in [3.8, 4) is 0 Å². The van der Waals surface area contributed by atoms with Crippen molar-refractivity contribution in [1.82, 2.24) is 0 Å². The molecule has 0 aliphatic heterocycles. The van der Waals surface area contributed by atoms with Crippen LogP contribution < -0.4 is 0 Å². The Kier molecular flexibility index (Phi) is 4.95. The van der Waals surface area contributed by atoms with Crippen molar-refractivity contribution in [2.45, 2.75) is 52.1 Å². The molecule has 0 aromatic carbocycles. The fourth-order valence-electron chi connectivity index (χ4n) is 1.52. The number of carbonyl (C=O) groups is 1. The quantitative estimate of drug-likeness (QED) is 0.558. The third kappa shape index (κ3) is 4.94. The highest BCUT2D eigenvalue weighted by Gasteiger charge is 2.34. The lowest BCUT2D eigenvalue weighted by atomic mass is 9.79. The van der Waals surface area contributed by atoms with E-state index in [0.29, 0.717) is 0 Å². The molecule has 0 radical (unpaired) electrons. The number of aliphatic hydroxyl groups excluding tert-OH is 1. The normalized spacial score (nSPS) is 14.6. The molecule has 16 heavy (non-hydrogen) atoms. The van der Waals surface area contributed by atoms with E-state index in [0.717, 1.165) is 11.6 Å². The fraction of sp³-hybridized carbons (Fsp3) is 0.750. The summed E-state index contributed by atoms with van der Waals surface area (Å²) in [5.41, 5.74) is 0.430. The van der Waals surface area contributed by atoms with Crippen molar-refractivity contribution in [2.24, 2.45) is 5.41 Å². The van der Waals surface area contributed by atoms with Gasteiger partial charge in [-0.3, -0.25) is 4.79 Å². The summed E-state index contributed by atoms with van der Waals surface area (Å²) in [4.78, 5) is 10.6. The van der Waals surface area contributed by atoms with Gasteiger partial charge in [0.15, 0.2) is 0 Å². The van der Waals surface area contributed by atoms with Gasteiger partial charge in [-0.15, -0.1) is 0 Å². The zero-order chi connectivity index (χ0) is 13.1. The van der Waals surface area contributed by atoms with Gasteiger partial charge < -0.3 is 10.2 Å². The molecule has 0 unspecified atom stereocenters. The van der Waals surface area contributed by atoms with Gasteiger partial charge in [0.05, 0.1) is 12.5 Å². The van der Waals surface area contributed by atoms with Gasteiger partial charge >= 0.3 is 5.97 Å². The van der Waals surface area contributed by atoms with Crippen molar-refractivity contribution < 1.29 is 15.0 Å². The molecule has 0 aromatic rings. The van der Waals surface area contributed by atoms with Crippen LogP contribution in [0.1, 0.15) is 20.3 Å². The standard InChI is InChI=1S/C12H24O3Si/c1-9(8-16(4,5)6)12(2,3)10(13)7-11(14)15/h10,13H,1,7-8H2,2-6H3,(H,14,15)/t10-/m0/s1. The molecule has 0 aliphatic rings. The average Bonchev–Trinajstić information content (AvgIpc) is 1.99. The van der Waals surface area contributed by atoms with Crippen LogP contribution >= 0.6 is 0 Å².